The number of fused-ring (bicyclic) bond motifs is 1. The van der Waals surface area contributed by atoms with E-state index >= 15 is 0 Å². The first kappa shape index (κ1) is 20.3. The summed E-state index contributed by atoms with van der Waals surface area (Å²) in [7, 11) is 1.69. The molecule has 1 aliphatic heterocycles. The number of aromatic amines is 1. The van der Waals surface area contributed by atoms with Crippen LogP contribution in [0.15, 0.2) is 47.8 Å². The number of ether oxygens (including phenoxy) is 1. The molecule has 1 spiro atoms. The number of H-pyrrole nitrogens is 1. The van der Waals surface area contributed by atoms with Gasteiger partial charge < -0.3 is 19.5 Å². The van der Waals surface area contributed by atoms with Gasteiger partial charge in [-0.1, -0.05) is 0 Å². The van der Waals surface area contributed by atoms with Crippen molar-refractivity contribution in [3.8, 4) is 0 Å². The number of rotatable bonds is 7. The van der Waals surface area contributed by atoms with Crippen LogP contribution < -0.4 is 9.62 Å². The minimum atomic E-state index is -0.0853. The molecule has 2 aliphatic rings. The number of nitrogens with one attached hydrogen (secondary N) is 2. The Morgan fingerprint density at radius 1 is 1.23 bits per heavy atom. The van der Waals surface area contributed by atoms with Crippen molar-refractivity contribution in [1.29, 1.82) is 0 Å². The standard InChI is InChI=1S/C22H26N6O2S/c1-30-13-10-26-31-17-4-2-16(3-5-17)21(29)28-12-11-27(14-22(28)7-8-22)20-18-6-9-23-19(18)24-15-25-20/h2-6,9,15,26H,7-8,10-14H2,1H3,(H,23,24,25). The summed E-state index contributed by atoms with van der Waals surface area (Å²) in [4.78, 5) is 30.8. The van der Waals surface area contributed by atoms with Crippen molar-refractivity contribution >= 4 is 34.7 Å². The monoisotopic (exact) mass is 438 g/mol. The van der Waals surface area contributed by atoms with Crippen molar-refractivity contribution in [3.05, 3.63) is 48.4 Å². The molecule has 2 aromatic heterocycles. The molecule has 9 heteroatoms. The van der Waals surface area contributed by atoms with Crippen LogP contribution in [0.4, 0.5) is 5.82 Å². The average molecular weight is 439 g/mol. The molecule has 1 aliphatic carbocycles. The highest BCUT2D eigenvalue weighted by Crippen LogP contribution is 2.46. The zero-order chi connectivity index (χ0) is 21.3. The van der Waals surface area contributed by atoms with E-state index in [9.17, 15) is 4.79 Å². The molecular weight excluding hydrogens is 412 g/mol. The maximum absolute atomic E-state index is 13.3. The number of benzene rings is 1. The van der Waals surface area contributed by atoms with E-state index in [1.54, 1.807) is 25.4 Å². The Bertz CT molecular complexity index is 1070. The second-order valence-electron chi connectivity index (χ2n) is 8.05. The maximum atomic E-state index is 13.3. The number of carbonyl (C=O) groups is 1. The molecule has 162 valence electrons. The van der Waals surface area contributed by atoms with Crippen molar-refractivity contribution in [1.82, 2.24) is 24.6 Å². The number of piperazine rings is 1. The Labute approximate surface area is 185 Å². The molecule has 1 saturated heterocycles. The third kappa shape index (κ3) is 4.00. The number of nitrogens with zero attached hydrogens (tertiary/aromatic N) is 4. The van der Waals surface area contributed by atoms with Gasteiger partial charge in [-0.25, -0.2) is 9.97 Å². The third-order valence-electron chi connectivity index (χ3n) is 6.06. The molecule has 1 amide bonds. The molecule has 31 heavy (non-hydrogen) atoms. The number of hydrogen-bond donors (Lipinski definition) is 2. The average Bonchev–Trinajstić information content (AvgIpc) is 3.38. The molecule has 3 aromatic rings. The number of anilines is 1. The topological polar surface area (TPSA) is 86.4 Å². The molecular formula is C22H26N6O2S. The van der Waals surface area contributed by atoms with E-state index in [-0.39, 0.29) is 11.4 Å². The number of hydrogen-bond acceptors (Lipinski definition) is 7. The molecule has 0 radical (unpaired) electrons. The molecule has 5 rings (SSSR count). The second-order valence-corrected chi connectivity index (χ2v) is 9.02. The van der Waals surface area contributed by atoms with Gasteiger partial charge in [-0.05, 0) is 55.1 Å². The van der Waals surface area contributed by atoms with Crippen LogP contribution in [0, 0.1) is 0 Å². The summed E-state index contributed by atoms with van der Waals surface area (Å²) < 4.78 is 8.28. The van der Waals surface area contributed by atoms with Crippen molar-refractivity contribution in [2.24, 2.45) is 0 Å². The molecule has 0 unspecified atom stereocenters. The predicted octanol–water partition coefficient (Wildman–Crippen LogP) is 2.70. The number of amides is 1. The van der Waals surface area contributed by atoms with E-state index in [2.05, 4.69) is 29.5 Å². The van der Waals surface area contributed by atoms with Crippen LogP contribution in [0.1, 0.15) is 23.2 Å². The van der Waals surface area contributed by atoms with Gasteiger partial charge in [-0.3, -0.25) is 9.52 Å². The van der Waals surface area contributed by atoms with Crippen LogP contribution in [-0.2, 0) is 4.74 Å². The first-order valence-corrected chi connectivity index (χ1v) is 11.4. The molecule has 0 bridgehead atoms. The summed E-state index contributed by atoms with van der Waals surface area (Å²) in [6.07, 6.45) is 5.57. The van der Waals surface area contributed by atoms with Gasteiger partial charge in [-0.15, -0.1) is 0 Å². The second kappa shape index (κ2) is 8.49. The van der Waals surface area contributed by atoms with E-state index in [1.165, 1.54) is 0 Å². The SMILES string of the molecule is COCCNSc1ccc(C(=O)N2CCN(c3ncnc4[nH]ccc34)CC23CC3)cc1. The number of aromatic nitrogens is 3. The lowest BCUT2D eigenvalue weighted by molar-refractivity contribution is 0.0624. The normalized spacial score (nSPS) is 17.5. The van der Waals surface area contributed by atoms with Crippen LogP contribution in [0.3, 0.4) is 0 Å². The highest BCUT2D eigenvalue weighted by Gasteiger charge is 2.53. The van der Waals surface area contributed by atoms with Gasteiger partial charge in [0.05, 0.1) is 17.5 Å². The fourth-order valence-electron chi connectivity index (χ4n) is 4.26. The summed E-state index contributed by atoms with van der Waals surface area (Å²) >= 11 is 1.55. The first-order chi connectivity index (χ1) is 15.2. The number of carbonyl (C=O) groups excluding carboxylic acids is 1. The van der Waals surface area contributed by atoms with E-state index < -0.39 is 0 Å². The minimum Gasteiger partial charge on any atom is -0.383 e. The zero-order valence-corrected chi connectivity index (χ0v) is 18.3. The summed E-state index contributed by atoms with van der Waals surface area (Å²) in [5.41, 5.74) is 1.51. The predicted molar refractivity (Wildman–Crippen MR) is 121 cm³/mol. The van der Waals surface area contributed by atoms with Crippen molar-refractivity contribution < 1.29 is 9.53 Å². The third-order valence-corrected chi connectivity index (χ3v) is 6.91. The van der Waals surface area contributed by atoms with Gasteiger partial charge in [0.15, 0.2) is 0 Å². The fraction of sp³-hybridized carbons (Fsp3) is 0.409. The van der Waals surface area contributed by atoms with Crippen LogP contribution in [0.2, 0.25) is 0 Å². The largest absolute Gasteiger partial charge is 0.383 e. The molecule has 8 nitrogen and oxygen atoms in total. The molecule has 0 atom stereocenters. The van der Waals surface area contributed by atoms with Crippen molar-refractivity contribution in [2.75, 3.05) is 44.8 Å². The Morgan fingerprint density at radius 3 is 2.84 bits per heavy atom. The fourth-order valence-corrected chi connectivity index (χ4v) is 4.88. The van der Waals surface area contributed by atoms with E-state index in [1.807, 2.05) is 36.5 Å². The van der Waals surface area contributed by atoms with Crippen molar-refractivity contribution in [2.45, 2.75) is 23.3 Å². The van der Waals surface area contributed by atoms with Gasteiger partial charge in [0.25, 0.3) is 5.91 Å². The lowest BCUT2D eigenvalue weighted by Gasteiger charge is -2.42. The summed E-state index contributed by atoms with van der Waals surface area (Å²) in [5.74, 6) is 1.07. The molecule has 2 N–H and O–H groups in total. The van der Waals surface area contributed by atoms with Crippen LogP contribution >= 0.6 is 11.9 Å². The Morgan fingerprint density at radius 2 is 2.06 bits per heavy atom. The zero-order valence-electron chi connectivity index (χ0n) is 17.5. The Hall–Kier alpha value is -2.62. The maximum Gasteiger partial charge on any atom is 0.254 e. The molecule has 3 heterocycles. The van der Waals surface area contributed by atoms with E-state index in [0.717, 1.165) is 59.8 Å². The van der Waals surface area contributed by atoms with Crippen molar-refractivity contribution in [3.63, 3.8) is 0 Å². The van der Waals surface area contributed by atoms with Gasteiger partial charge >= 0.3 is 0 Å². The Kier molecular flexibility index (Phi) is 5.56. The molecule has 1 aromatic carbocycles. The van der Waals surface area contributed by atoms with E-state index in [4.69, 9.17) is 4.74 Å². The van der Waals surface area contributed by atoms with Crippen LogP contribution in [0.25, 0.3) is 11.0 Å². The summed E-state index contributed by atoms with van der Waals surface area (Å²) in [5, 5.41) is 1.03. The lowest BCUT2D eigenvalue weighted by atomic mass is 10.1. The highest BCUT2D eigenvalue weighted by atomic mass is 32.2. The van der Waals surface area contributed by atoms with Gasteiger partial charge in [0.2, 0.25) is 0 Å². The van der Waals surface area contributed by atoms with Gasteiger partial charge in [0, 0.05) is 49.9 Å². The minimum absolute atomic E-state index is 0.0853. The summed E-state index contributed by atoms with van der Waals surface area (Å²) in [6, 6.07) is 9.87. The smallest absolute Gasteiger partial charge is 0.254 e. The molecule has 2 fully saturated rings. The summed E-state index contributed by atoms with van der Waals surface area (Å²) in [6.45, 7) is 3.72. The number of methoxy groups -OCH3 is 1. The van der Waals surface area contributed by atoms with Crippen LogP contribution in [0.5, 0.6) is 0 Å². The quantitative estimate of drug-likeness (QED) is 0.433. The van der Waals surface area contributed by atoms with Gasteiger partial charge in [-0.2, -0.15) is 0 Å². The van der Waals surface area contributed by atoms with Gasteiger partial charge in [0.1, 0.15) is 17.8 Å². The first-order valence-electron chi connectivity index (χ1n) is 10.5. The Balaban J connectivity index is 1.27. The highest BCUT2D eigenvalue weighted by molar-refractivity contribution is 7.97. The molecule has 1 saturated carbocycles. The van der Waals surface area contributed by atoms with E-state index in [0.29, 0.717) is 13.2 Å². The lowest BCUT2D eigenvalue weighted by Crippen LogP contribution is -2.57. The van der Waals surface area contributed by atoms with Crippen LogP contribution in [-0.4, -0.2) is 71.2 Å².